The molecule has 1 aliphatic rings. The van der Waals surface area contributed by atoms with Crippen LogP contribution in [0.1, 0.15) is 19.8 Å². The molecule has 0 spiro atoms. The molecule has 2 rings (SSSR count). The molecule has 0 aromatic heterocycles. The topological polar surface area (TPSA) is 79.5 Å². The molecule has 1 aromatic carbocycles. The predicted molar refractivity (Wildman–Crippen MR) is 75.8 cm³/mol. The van der Waals surface area contributed by atoms with E-state index in [0.29, 0.717) is 30.9 Å². The van der Waals surface area contributed by atoms with Crippen molar-refractivity contribution in [3.63, 3.8) is 0 Å². The van der Waals surface area contributed by atoms with E-state index in [1.807, 2.05) is 25.1 Å². The van der Waals surface area contributed by atoms with Crippen LogP contribution in [0.5, 0.6) is 5.75 Å². The van der Waals surface area contributed by atoms with Gasteiger partial charge in [0.15, 0.2) is 6.10 Å². The maximum atomic E-state index is 11.8. The summed E-state index contributed by atoms with van der Waals surface area (Å²) in [4.78, 5) is 23.2. The summed E-state index contributed by atoms with van der Waals surface area (Å²) in [7, 11) is 0. The van der Waals surface area contributed by atoms with Gasteiger partial charge in [-0.15, -0.1) is 0 Å². The van der Waals surface area contributed by atoms with Gasteiger partial charge >= 0.3 is 6.03 Å². The lowest BCUT2D eigenvalue weighted by Crippen LogP contribution is -2.42. The summed E-state index contributed by atoms with van der Waals surface area (Å²) >= 11 is 0. The molecular weight excluding hydrogens is 258 g/mol. The van der Waals surface area contributed by atoms with Crippen molar-refractivity contribution in [3.05, 3.63) is 24.3 Å². The summed E-state index contributed by atoms with van der Waals surface area (Å²) < 4.78 is 5.62. The molecule has 0 aliphatic carbocycles. The monoisotopic (exact) mass is 277 g/mol. The maximum Gasteiger partial charge on any atom is 0.314 e. The molecule has 6 heteroatoms. The van der Waals surface area contributed by atoms with Gasteiger partial charge in [-0.25, -0.2) is 4.79 Å². The van der Waals surface area contributed by atoms with Crippen molar-refractivity contribution in [3.8, 4) is 5.75 Å². The summed E-state index contributed by atoms with van der Waals surface area (Å²) in [5, 5.41) is 8.19. The van der Waals surface area contributed by atoms with Gasteiger partial charge in [-0.1, -0.05) is 19.1 Å². The highest BCUT2D eigenvalue weighted by Crippen LogP contribution is 2.29. The quantitative estimate of drug-likeness (QED) is 0.763. The molecule has 1 heterocycles. The number of nitrogens with one attached hydrogen (secondary N) is 3. The minimum Gasteiger partial charge on any atom is -0.478 e. The van der Waals surface area contributed by atoms with Gasteiger partial charge in [0.2, 0.25) is 0 Å². The van der Waals surface area contributed by atoms with E-state index in [2.05, 4.69) is 16.0 Å². The Morgan fingerprint density at radius 2 is 2.05 bits per heavy atom. The van der Waals surface area contributed by atoms with Gasteiger partial charge in [-0.2, -0.15) is 0 Å². The van der Waals surface area contributed by atoms with Gasteiger partial charge in [0.05, 0.1) is 5.69 Å². The standard InChI is InChI=1S/C14H19N3O3/c1-2-8-15-14(19)16-9-7-12-13(18)17-10-5-3-4-6-11(10)20-12/h3-6,12H,2,7-9H2,1H3,(H,17,18)(H2,15,16,19). The summed E-state index contributed by atoms with van der Waals surface area (Å²) in [5.41, 5.74) is 0.683. The van der Waals surface area contributed by atoms with Gasteiger partial charge in [-0.05, 0) is 18.6 Å². The highest BCUT2D eigenvalue weighted by molar-refractivity contribution is 5.97. The number of benzene rings is 1. The van der Waals surface area contributed by atoms with Crippen molar-refractivity contribution >= 4 is 17.6 Å². The summed E-state index contributed by atoms with van der Waals surface area (Å²) in [5.74, 6) is 0.479. The highest BCUT2D eigenvalue weighted by atomic mass is 16.5. The molecule has 3 N–H and O–H groups in total. The van der Waals surface area contributed by atoms with Crippen LogP contribution in [-0.2, 0) is 4.79 Å². The fourth-order valence-corrected chi connectivity index (χ4v) is 1.90. The fourth-order valence-electron chi connectivity index (χ4n) is 1.90. The van der Waals surface area contributed by atoms with Crippen molar-refractivity contribution in [2.45, 2.75) is 25.9 Å². The summed E-state index contributed by atoms with van der Waals surface area (Å²) in [6.45, 7) is 3.01. The Hall–Kier alpha value is -2.24. The molecule has 0 fully saturated rings. The molecule has 20 heavy (non-hydrogen) atoms. The van der Waals surface area contributed by atoms with Gasteiger partial charge in [0.1, 0.15) is 5.75 Å². The number of urea groups is 1. The fraction of sp³-hybridized carbons (Fsp3) is 0.429. The third-order valence-electron chi connectivity index (χ3n) is 2.93. The van der Waals surface area contributed by atoms with Crippen molar-refractivity contribution in [1.29, 1.82) is 0 Å². The first-order valence-electron chi connectivity index (χ1n) is 6.79. The van der Waals surface area contributed by atoms with Crippen LogP contribution in [0.15, 0.2) is 24.3 Å². The second kappa shape index (κ2) is 6.79. The lowest BCUT2D eigenvalue weighted by molar-refractivity contribution is -0.123. The number of amides is 3. The van der Waals surface area contributed by atoms with E-state index in [4.69, 9.17) is 4.74 Å². The van der Waals surface area contributed by atoms with Crippen molar-refractivity contribution in [2.24, 2.45) is 0 Å². The zero-order valence-electron chi connectivity index (χ0n) is 11.4. The largest absolute Gasteiger partial charge is 0.478 e. The Kier molecular flexibility index (Phi) is 4.81. The van der Waals surface area contributed by atoms with Crippen molar-refractivity contribution < 1.29 is 14.3 Å². The number of rotatable bonds is 5. The molecule has 108 valence electrons. The highest BCUT2D eigenvalue weighted by Gasteiger charge is 2.26. The minimum atomic E-state index is -0.573. The Labute approximate surface area is 117 Å². The lowest BCUT2D eigenvalue weighted by Gasteiger charge is -2.25. The number of para-hydroxylation sites is 2. The number of ether oxygens (including phenoxy) is 1. The van der Waals surface area contributed by atoms with E-state index < -0.39 is 6.10 Å². The lowest BCUT2D eigenvalue weighted by atomic mass is 10.1. The first-order chi connectivity index (χ1) is 9.70. The van der Waals surface area contributed by atoms with E-state index in [1.54, 1.807) is 6.07 Å². The molecule has 1 atom stereocenters. The molecule has 3 amide bonds. The summed E-state index contributed by atoms with van der Waals surface area (Å²) in [6.07, 6.45) is 0.745. The number of carbonyl (C=O) groups is 2. The Bertz CT molecular complexity index is 490. The second-order valence-corrected chi connectivity index (χ2v) is 4.56. The van der Waals surface area contributed by atoms with Crippen LogP contribution in [0.2, 0.25) is 0 Å². The number of carbonyl (C=O) groups excluding carboxylic acids is 2. The Morgan fingerprint density at radius 1 is 1.30 bits per heavy atom. The van der Waals surface area contributed by atoms with Gasteiger partial charge in [0.25, 0.3) is 5.91 Å². The van der Waals surface area contributed by atoms with E-state index >= 15 is 0 Å². The number of hydrogen-bond donors (Lipinski definition) is 3. The zero-order chi connectivity index (χ0) is 14.4. The van der Waals surface area contributed by atoms with Crippen LogP contribution >= 0.6 is 0 Å². The maximum absolute atomic E-state index is 11.8. The molecule has 0 radical (unpaired) electrons. The SMILES string of the molecule is CCCNC(=O)NCCC1Oc2ccccc2NC1=O. The number of hydrogen-bond acceptors (Lipinski definition) is 3. The van der Waals surface area contributed by atoms with Crippen molar-refractivity contribution in [1.82, 2.24) is 10.6 Å². The normalized spacial score (nSPS) is 16.6. The van der Waals surface area contributed by atoms with Crippen LogP contribution in [0.4, 0.5) is 10.5 Å². The minimum absolute atomic E-state index is 0.181. The molecular formula is C14H19N3O3. The number of anilines is 1. The molecule has 0 saturated heterocycles. The predicted octanol–water partition coefficient (Wildman–Crippen LogP) is 1.49. The molecule has 1 unspecified atom stereocenters. The average Bonchev–Trinajstić information content (AvgIpc) is 2.45. The molecule has 0 saturated carbocycles. The third-order valence-corrected chi connectivity index (χ3v) is 2.93. The Balaban J connectivity index is 1.80. The van der Waals surface area contributed by atoms with Gasteiger partial charge in [0, 0.05) is 19.5 Å². The van der Waals surface area contributed by atoms with E-state index in [-0.39, 0.29) is 11.9 Å². The van der Waals surface area contributed by atoms with Crippen molar-refractivity contribution in [2.75, 3.05) is 18.4 Å². The zero-order valence-corrected chi connectivity index (χ0v) is 11.4. The van der Waals surface area contributed by atoms with Crippen LogP contribution in [0.3, 0.4) is 0 Å². The molecule has 6 nitrogen and oxygen atoms in total. The van der Waals surface area contributed by atoms with Gasteiger partial charge < -0.3 is 20.7 Å². The smallest absolute Gasteiger partial charge is 0.314 e. The molecule has 1 aromatic rings. The van der Waals surface area contributed by atoms with Crippen LogP contribution in [0, 0.1) is 0 Å². The summed E-state index contributed by atoms with van der Waals surface area (Å²) in [6, 6.07) is 7.07. The van der Waals surface area contributed by atoms with E-state index in [9.17, 15) is 9.59 Å². The first kappa shape index (κ1) is 14.2. The average molecular weight is 277 g/mol. The molecule has 1 aliphatic heterocycles. The Morgan fingerprint density at radius 3 is 2.85 bits per heavy atom. The van der Waals surface area contributed by atoms with Crippen LogP contribution in [-0.4, -0.2) is 31.1 Å². The molecule has 0 bridgehead atoms. The second-order valence-electron chi connectivity index (χ2n) is 4.56. The first-order valence-corrected chi connectivity index (χ1v) is 6.79. The van der Waals surface area contributed by atoms with E-state index in [1.165, 1.54) is 0 Å². The van der Waals surface area contributed by atoms with Crippen LogP contribution in [0.25, 0.3) is 0 Å². The van der Waals surface area contributed by atoms with E-state index in [0.717, 1.165) is 6.42 Å². The number of fused-ring (bicyclic) bond motifs is 1. The van der Waals surface area contributed by atoms with Crippen LogP contribution < -0.4 is 20.7 Å². The third kappa shape index (κ3) is 3.63. The van der Waals surface area contributed by atoms with Gasteiger partial charge in [-0.3, -0.25) is 4.79 Å².